The number of ether oxygens (including phenoxy) is 1. The highest BCUT2D eigenvalue weighted by Crippen LogP contribution is 2.25. The number of aliphatic hydroxyl groups excluding tert-OH is 3. The molecule has 0 rings (SSSR count). The summed E-state index contributed by atoms with van der Waals surface area (Å²) in [6.45, 7) is 4.94. The number of aliphatic hydroxyl groups is 3. The summed E-state index contributed by atoms with van der Waals surface area (Å²) in [4.78, 5) is 21.6. The largest absolute Gasteiger partial charge is 0.466 e. The smallest absolute Gasteiger partial charge is 0.394 e. The van der Waals surface area contributed by atoms with Crippen LogP contribution in [0, 0.1) is 0 Å². The summed E-state index contributed by atoms with van der Waals surface area (Å²) in [5, 5.41) is 24.0. The van der Waals surface area contributed by atoms with Gasteiger partial charge in [-0.3, -0.25) is 0 Å². The van der Waals surface area contributed by atoms with Crippen molar-refractivity contribution in [2.24, 2.45) is 0 Å². The molecular formula is C7H21O8P. The maximum absolute atomic E-state index is 8.88. The SMILES string of the molecule is CCOCC.O=P(O)(O)O.OCC(O)CO. The zero-order valence-corrected chi connectivity index (χ0v) is 10.2. The lowest BCUT2D eigenvalue weighted by Crippen LogP contribution is -2.15. The van der Waals surface area contributed by atoms with Gasteiger partial charge in [0.1, 0.15) is 6.10 Å². The first-order valence-electron chi connectivity index (χ1n) is 4.48. The predicted octanol–water partition coefficient (Wildman–Crippen LogP) is -1.55. The Labute approximate surface area is 94.4 Å². The highest BCUT2D eigenvalue weighted by atomic mass is 31.2. The van der Waals surface area contributed by atoms with Gasteiger partial charge in [-0.2, -0.15) is 0 Å². The van der Waals surface area contributed by atoms with E-state index in [1.807, 2.05) is 13.8 Å². The molecule has 0 aliphatic heterocycles. The van der Waals surface area contributed by atoms with Crippen molar-refractivity contribution < 1.29 is 39.3 Å². The predicted molar refractivity (Wildman–Crippen MR) is 56.6 cm³/mol. The monoisotopic (exact) mass is 264 g/mol. The Morgan fingerprint density at radius 2 is 1.31 bits per heavy atom. The van der Waals surface area contributed by atoms with Crippen molar-refractivity contribution in [2.45, 2.75) is 20.0 Å². The molecule has 0 fully saturated rings. The van der Waals surface area contributed by atoms with Crippen LogP contribution in [-0.4, -0.2) is 62.5 Å². The summed E-state index contributed by atoms with van der Waals surface area (Å²) in [7, 11) is -4.64. The second kappa shape index (κ2) is 14.9. The van der Waals surface area contributed by atoms with Gasteiger partial charge in [0.2, 0.25) is 0 Å². The molecule has 0 unspecified atom stereocenters. The number of rotatable bonds is 4. The lowest BCUT2D eigenvalue weighted by molar-refractivity contribution is 0.0450. The fraction of sp³-hybridized carbons (Fsp3) is 1.00. The Hall–Kier alpha value is -0.0500. The van der Waals surface area contributed by atoms with E-state index in [2.05, 4.69) is 0 Å². The molecule has 9 heteroatoms. The fourth-order valence-electron chi connectivity index (χ4n) is 0.262. The van der Waals surface area contributed by atoms with Gasteiger partial charge in [0.15, 0.2) is 0 Å². The molecule has 0 atom stereocenters. The van der Waals surface area contributed by atoms with Crippen LogP contribution >= 0.6 is 7.82 Å². The molecule has 0 amide bonds. The highest BCUT2D eigenvalue weighted by molar-refractivity contribution is 7.45. The second-order valence-corrected chi connectivity index (χ2v) is 3.34. The van der Waals surface area contributed by atoms with E-state index in [4.69, 9.17) is 39.3 Å². The summed E-state index contributed by atoms with van der Waals surface area (Å²) >= 11 is 0. The number of hydrogen-bond donors (Lipinski definition) is 6. The van der Waals surface area contributed by atoms with E-state index in [-0.39, 0.29) is 13.2 Å². The third-order valence-electron chi connectivity index (χ3n) is 0.830. The van der Waals surface area contributed by atoms with Crippen LogP contribution in [-0.2, 0) is 9.30 Å². The summed E-state index contributed by atoms with van der Waals surface area (Å²) in [5.74, 6) is 0. The molecule has 0 aromatic heterocycles. The van der Waals surface area contributed by atoms with Crippen LogP contribution in [0.15, 0.2) is 0 Å². The molecule has 0 aliphatic rings. The second-order valence-electron chi connectivity index (χ2n) is 2.31. The van der Waals surface area contributed by atoms with Crippen molar-refractivity contribution in [1.29, 1.82) is 0 Å². The lowest BCUT2D eigenvalue weighted by atomic mass is 10.4. The first-order valence-corrected chi connectivity index (χ1v) is 6.05. The molecule has 0 heterocycles. The van der Waals surface area contributed by atoms with Crippen LogP contribution in [0.25, 0.3) is 0 Å². The molecule has 0 aromatic carbocycles. The lowest BCUT2D eigenvalue weighted by Gasteiger charge is -1.96. The van der Waals surface area contributed by atoms with Crippen LogP contribution in [0.5, 0.6) is 0 Å². The Morgan fingerprint density at radius 1 is 1.06 bits per heavy atom. The molecule has 0 saturated heterocycles. The third-order valence-corrected chi connectivity index (χ3v) is 0.830. The molecule has 0 radical (unpaired) electrons. The zero-order valence-electron chi connectivity index (χ0n) is 9.35. The van der Waals surface area contributed by atoms with Gasteiger partial charge in [-0.15, -0.1) is 0 Å². The summed E-state index contributed by atoms with van der Waals surface area (Å²) in [6, 6.07) is 0. The van der Waals surface area contributed by atoms with Crippen molar-refractivity contribution in [1.82, 2.24) is 0 Å². The Balaban J connectivity index is -0.000000160. The van der Waals surface area contributed by atoms with Crippen LogP contribution in [0.2, 0.25) is 0 Å². The Kier molecular flexibility index (Phi) is 19.9. The van der Waals surface area contributed by atoms with Crippen molar-refractivity contribution in [2.75, 3.05) is 26.4 Å². The minimum Gasteiger partial charge on any atom is -0.394 e. The van der Waals surface area contributed by atoms with E-state index in [9.17, 15) is 0 Å². The van der Waals surface area contributed by atoms with E-state index in [1.54, 1.807) is 0 Å². The van der Waals surface area contributed by atoms with Crippen molar-refractivity contribution in [3.63, 3.8) is 0 Å². The average Bonchev–Trinajstić information content (AvgIpc) is 2.16. The number of phosphoric acid groups is 1. The molecule has 0 aromatic rings. The van der Waals surface area contributed by atoms with Crippen molar-refractivity contribution in [3.05, 3.63) is 0 Å². The van der Waals surface area contributed by atoms with Gasteiger partial charge < -0.3 is 34.7 Å². The normalized spacial score (nSPS) is 10.1. The molecule has 102 valence electrons. The molecule has 6 N–H and O–H groups in total. The maximum Gasteiger partial charge on any atom is 0.466 e. The van der Waals surface area contributed by atoms with E-state index in [1.165, 1.54) is 0 Å². The molecular weight excluding hydrogens is 243 g/mol. The van der Waals surface area contributed by atoms with Gasteiger partial charge in [0.25, 0.3) is 0 Å². The Morgan fingerprint density at radius 3 is 1.31 bits per heavy atom. The zero-order chi connectivity index (χ0) is 13.6. The van der Waals surface area contributed by atoms with E-state index in [0.717, 1.165) is 13.2 Å². The average molecular weight is 264 g/mol. The fourth-order valence-corrected chi connectivity index (χ4v) is 0.262. The summed E-state index contributed by atoms with van der Waals surface area (Å²) < 4.78 is 13.7. The molecule has 0 saturated carbocycles. The van der Waals surface area contributed by atoms with Crippen molar-refractivity contribution >= 4 is 7.82 Å². The number of hydrogen-bond acceptors (Lipinski definition) is 5. The minimum atomic E-state index is -4.64. The first-order chi connectivity index (χ1) is 7.22. The molecule has 0 aliphatic carbocycles. The van der Waals surface area contributed by atoms with Gasteiger partial charge in [0.05, 0.1) is 13.2 Å². The maximum atomic E-state index is 8.88. The van der Waals surface area contributed by atoms with Gasteiger partial charge >= 0.3 is 7.82 Å². The van der Waals surface area contributed by atoms with Crippen LogP contribution in [0.4, 0.5) is 0 Å². The molecule has 16 heavy (non-hydrogen) atoms. The van der Waals surface area contributed by atoms with Crippen LogP contribution < -0.4 is 0 Å². The van der Waals surface area contributed by atoms with Gasteiger partial charge in [-0.25, -0.2) is 4.57 Å². The van der Waals surface area contributed by atoms with Crippen molar-refractivity contribution in [3.8, 4) is 0 Å². The van der Waals surface area contributed by atoms with E-state index in [0.29, 0.717) is 0 Å². The van der Waals surface area contributed by atoms with Gasteiger partial charge in [-0.1, -0.05) is 0 Å². The van der Waals surface area contributed by atoms with Crippen LogP contribution in [0.3, 0.4) is 0 Å². The topological polar surface area (TPSA) is 148 Å². The third kappa shape index (κ3) is 66.1. The standard InChI is InChI=1S/C4H10O.C3H8O3.H3O4P/c1-3-5-4-2;4-1-3(6)2-5;1-5(2,3)4/h3-4H2,1-2H3;3-6H,1-2H2;(H3,1,2,3,4). The summed E-state index contributed by atoms with van der Waals surface area (Å²) in [6.07, 6.45) is -0.954. The molecule has 8 nitrogen and oxygen atoms in total. The first kappa shape index (κ1) is 21.3. The van der Waals surface area contributed by atoms with Gasteiger partial charge in [0, 0.05) is 13.2 Å². The quantitative estimate of drug-likeness (QED) is 0.334. The summed E-state index contributed by atoms with van der Waals surface area (Å²) in [5.41, 5.74) is 0. The van der Waals surface area contributed by atoms with E-state index >= 15 is 0 Å². The molecule has 0 bridgehead atoms. The van der Waals surface area contributed by atoms with Gasteiger partial charge in [-0.05, 0) is 13.8 Å². The molecule has 0 spiro atoms. The minimum absolute atomic E-state index is 0.365. The highest BCUT2D eigenvalue weighted by Gasteiger charge is 2.00. The Bertz CT molecular complexity index is 144. The van der Waals surface area contributed by atoms with E-state index < -0.39 is 13.9 Å². The van der Waals surface area contributed by atoms with Crippen LogP contribution in [0.1, 0.15) is 13.8 Å².